The molecule has 2 N–H and O–H groups in total. The van der Waals surface area contributed by atoms with Gasteiger partial charge in [0.1, 0.15) is 11.6 Å². The molecule has 0 radical (unpaired) electrons. The third-order valence-electron chi connectivity index (χ3n) is 4.52. The number of morpholine rings is 1. The van der Waals surface area contributed by atoms with Gasteiger partial charge in [-0.2, -0.15) is 0 Å². The maximum atomic E-state index is 14.4. The summed E-state index contributed by atoms with van der Waals surface area (Å²) in [6.07, 6.45) is 0. The second-order valence-electron chi connectivity index (χ2n) is 6.39. The van der Waals surface area contributed by atoms with E-state index in [-0.39, 0.29) is 24.6 Å². The number of carbonyl (C=O) groups excluding carboxylic acids is 2. The summed E-state index contributed by atoms with van der Waals surface area (Å²) in [5, 5.41) is 0. The number of ketones is 1. The van der Waals surface area contributed by atoms with Crippen molar-refractivity contribution < 1.29 is 23.1 Å². The summed E-state index contributed by atoms with van der Waals surface area (Å²) in [5.41, 5.74) is 6.50. The molecule has 2 amide bonds. The van der Waals surface area contributed by atoms with Crippen molar-refractivity contribution in [1.29, 1.82) is 0 Å². The summed E-state index contributed by atoms with van der Waals surface area (Å²) < 4.78 is 33.0. The molecule has 0 aromatic heterocycles. The van der Waals surface area contributed by atoms with E-state index in [4.69, 9.17) is 10.5 Å². The average Bonchev–Trinajstić information content (AvgIpc) is 2.72. The second kappa shape index (κ2) is 8.90. The standard InChI is InChI=1S/C20H21F2N3O3/c21-16-5-6-18(17(22)11-16)25(20(27)24-7-9-28-10-8-24)13-14-1-3-15(4-2-14)19(26)12-23/h1-6,11H,7-10,12-13,23H2. The monoisotopic (exact) mass is 389 g/mol. The topological polar surface area (TPSA) is 75.9 Å². The fourth-order valence-electron chi connectivity index (χ4n) is 2.98. The van der Waals surface area contributed by atoms with E-state index < -0.39 is 17.7 Å². The molecule has 1 heterocycles. The van der Waals surface area contributed by atoms with Crippen LogP contribution in [-0.4, -0.2) is 49.6 Å². The van der Waals surface area contributed by atoms with Gasteiger partial charge in [0.2, 0.25) is 0 Å². The van der Waals surface area contributed by atoms with Crippen LogP contribution in [0.15, 0.2) is 42.5 Å². The van der Waals surface area contributed by atoms with Crippen molar-refractivity contribution in [1.82, 2.24) is 4.90 Å². The van der Waals surface area contributed by atoms with Crippen LogP contribution in [0.25, 0.3) is 0 Å². The summed E-state index contributed by atoms with van der Waals surface area (Å²) in [7, 11) is 0. The number of carbonyl (C=O) groups is 2. The van der Waals surface area contributed by atoms with E-state index in [9.17, 15) is 18.4 Å². The Hall–Kier alpha value is -2.84. The molecule has 1 aliphatic heterocycles. The van der Waals surface area contributed by atoms with Crippen LogP contribution in [0.2, 0.25) is 0 Å². The van der Waals surface area contributed by atoms with Gasteiger partial charge in [0.05, 0.1) is 32.0 Å². The van der Waals surface area contributed by atoms with E-state index >= 15 is 0 Å². The fourth-order valence-corrected chi connectivity index (χ4v) is 2.98. The molecule has 3 rings (SSSR count). The van der Waals surface area contributed by atoms with E-state index in [0.717, 1.165) is 12.1 Å². The zero-order chi connectivity index (χ0) is 20.1. The van der Waals surface area contributed by atoms with Gasteiger partial charge < -0.3 is 15.4 Å². The third kappa shape index (κ3) is 4.52. The van der Waals surface area contributed by atoms with E-state index in [1.165, 1.54) is 11.0 Å². The lowest BCUT2D eigenvalue weighted by molar-refractivity contribution is 0.0547. The lowest BCUT2D eigenvalue weighted by atomic mass is 10.1. The number of ether oxygens (including phenoxy) is 1. The molecule has 1 saturated heterocycles. The lowest BCUT2D eigenvalue weighted by Crippen LogP contribution is -2.48. The Labute approximate surface area is 161 Å². The number of hydrogen-bond donors (Lipinski definition) is 1. The zero-order valence-corrected chi connectivity index (χ0v) is 15.2. The van der Waals surface area contributed by atoms with Crippen LogP contribution in [0.3, 0.4) is 0 Å². The van der Waals surface area contributed by atoms with Crippen LogP contribution in [0, 0.1) is 11.6 Å². The Morgan fingerprint density at radius 1 is 1.07 bits per heavy atom. The van der Waals surface area contributed by atoms with E-state index in [2.05, 4.69) is 0 Å². The molecular formula is C20H21F2N3O3. The highest BCUT2D eigenvalue weighted by Crippen LogP contribution is 2.24. The highest BCUT2D eigenvalue weighted by atomic mass is 19.1. The first-order chi connectivity index (χ1) is 13.5. The second-order valence-corrected chi connectivity index (χ2v) is 6.39. The van der Waals surface area contributed by atoms with Gasteiger partial charge >= 0.3 is 6.03 Å². The molecule has 148 valence electrons. The third-order valence-corrected chi connectivity index (χ3v) is 4.52. The van der Waals surface area contributed by atoms with Gasteiger partial charge in [-0.3, -0.25) is 9.69 Å². The quantitative estimate of drug-likeness (QED) is 0.798. The minimum absolute atomic E-state index is 0.0139. The number of halogens is 2. The van der Waals surface area contributed by atoms with Crippen LogP contribution in [0.1, 0.15) is 15.9 Å². The van der Waals surface area contributed by atoms with E-state index in [0.29, 0.717) is 37.4 Å². The number of hydrogen-bond acceptors (Lipinski definition) is 4. The molecule has 2 aromatic carbocycles. The van der Waals surface area contributed by atoms with Crippen molar-refractivity contribution in [2.75, 3.05) is 37.7 Å². The first-order valence-electron chi connectivity index (χ1n) is 8.91. The number of nitrogens with two attached hydrogens (primary N) is 1. The van der Waals surface area contributed by atoms with Gasteiger partial charge in [-0.05, 0) is 17.7 Å². The molecule has 0 atom stereocenters. The van der Waals surface area contributed by atoms with Crippen LogP contribution < -0.4 is 10.6 Å². The average molecular weight is 389 g/mol. The van der Waals surface area contributed by atoms with Crippen LogP contribution in [0.5, 0.6) is 0 Å². The van der Waals surface area contributed by atoms with Crippen molar-refractivity contribution >= 4 is 17.5 Å². The Bertz CT molecular complexity index is 852. The molecule has 6 nitrogen and oxygen atoms in total. The summed E-state index contributed by atoms with van der Waals surface area (Å²) in [6.45, 7) is 1.56. The Kier molecular flexibility index (Phi) is 6.33. The summed E-state index contributed by atoms with van der Waals surface area (Å²) in [4.78, 5) is 27.5. The number of amides is 2. The minimum Gasteiger partial charge on any atom is -0.378 e. The molecule has 0 saturated carbocycles. The van der Waals surface area contributed by atoms with Crippen molar-refractivity contribution in [3.63, 3.8) is 0 Å². The first kappa shape index (κ1) is 19.9. The Morgan fingerprint density at radius 3 is 2.36 bits per heavy atom. The molecule has 0 spiro atoms. The molecule has 1 aliphatic rings. The van der Waals surface area contributed by atoms with Crippen molar-refractivity contribution in [2.45, 2.75) is 6.54 Å². The predicted molar refractivity (Wildman–Crippen MR) is 100 cm³/mol. The number of rotatable bonds is 5. The SMILES string of the molecule is NCC(=O)c1ccc(CN(C(=O)N2CCOCC2)c2ccc(F)cc2F)cc1. The summed E-state index contributed by atoms with van der Waals surface area (Å²) >= 11 is 0. The van der Waals surface area contributed by atoms with Crippen molar-refractivity contribution in [3.05, 3.63) is 65.2 Å². The maximum Gasteiger partial charge on any atom is 0.325 e. The van der Waals surface area contributed by atoms with E-state index in [1.807, 2.05) is 0 Å². The molecule has 28 heavy (non-hydrogen) atoms. The van der Waals surface area contributed by atoms with Gasteiger partial charge in [0, 0.05) is 24.7 Å². The minimum atomic E-state index is -0.823. The van der Waals surface area contributed by atoms with Gasteiger partial charge in [0.25, 0.3) is 0 Å². The highest BCUT2D eigenvalue weighted by Gasteiger charge is 2.26. The maximum absolute atomic E-state index is 14.4. The highest BCUT2D eigenvalue weighted by molar-refractivity contribution is 5.97. The number of anilines is 1. The van der Waals surface area contributed by atoms with Gasteiger partial charge in [-0.25, -0.2) is 13.6 Å². The Balaban J connectivity index is 1.89. The molecule has 2 aromatic rings. The molecule has 1 fully saturated rings. The van der Waals surface area contributed by atoms with Crippen molar-refractivity contribution in [3.8, 4) is 0 Å². The normalized spacial score (nSPS) is 14.0. The number of urea groups is 1. The predicted octanol–water partition coefficient (Wildman–Crippen LogP) is 2.57. The lowest BCUT2D eigenvalue weighted by Gasteiger charge is -2.33. The summed E-state index contributed by atoms with van der Waals surface area (Å²) in [6, 6.07) is 9.31. The molecule has 0 aliphatic carbocycles. The number of nitrogens with zero attached hydrogens (tertiary/aromatic N) is 2. The largest absolute Gasteiger partial charge is 0.378 e. The van der Waals surface area contributed by atoms with Crippen LogP contribution >= 0.6 is 0 Å². The molecule has 0 bridgehead atoms. The molecule has 8 heteroatoms. The fraction of sp³-hybridized carbons (Fsp3) is 0.300. The smallest absolute Gasteiger partial charge is 0.325 e. The van der Waals surface area contributed by atoms with Crippen LogP contribution in [-0.2, 0) is 11.3 Å². The molecule has 0 unspecified atom stereocenters. The molecular weight excluding hydrogens is 368 g/mol. The van der Waals surface area contributed by atoms with Crippen LogP contribution in [0.4, 0.5) is 19.3 Å². The van der Waals surface area contributed by atoms with Gasteiger partial charge in [-0.1, -0.05) is 24.3 Å². The first-order valence-corrected chi connectivity index (χ1v) is 8.91. The van der Waals surface area contributed by atoms with Gasteiger partial charge in [-0.15, -0.1) is 0 Å². The Morgan fingerprint density at radius 2 is 1.75 bits per heavy atom. The van der Waals surface area contributed by atoms with E-state index in [1.54, 1.807) is 29.2 Å². The number of Topliss-reactive ketones (excluding diaryl/α,β-unsaturated/α-hetero) is 1. The van der Waals surface area contributed by atoms with Gasteiger partial charge in [0.15, 0.2) is 5.78 Å². The zero-order valence-electron chi connectivity index (χ0n) is 15.2. The van der Waals surface area contributed by atoms with Crippen molar-refractivity contribution in [2.24, 2.45) is 5.73 Å². The number of benzene rings is 2. The summed E-state index contributed by atoms with van der Waals surface area (Å²) in [5.74, 6) is -1.74.